The van der Waals surface area contributed by atoms with Gasteiger partial charge in [0.2, 0.25) is 0 Å². The number of para-hydroxylation sites is 1. The van der Waals surface area contributed by atoms with Gasteiger partial charge in [-0.2, -0.15) is 0 Å². The van der Waals surface area contributed by atoms with Crippen LogP contribution in [0.25, 0.3) is 0 Å². The first-order valence-electron chi connectivity index (χ1n) is 5.94. The topological polar surface area (TPSA) is 24.4 Å². The van der Waals surface area contributed by atoms with Crippen LogP contribution in [0.1, 0.15) is 19.4 Å². The summed E-state index contributed by atoms with van der Waals surface area (Å²) in [5, 5.41) is 4.68. The monoisotopic (exact) mass is 244 g/mol. The van der Waals surface area contributed by atoms with E-state index in [2.05, 4.69) is 54.5 Å². The van der Waals surface area contributed by atoms with Gasteiger partial charge in [-0.15, -0.1) is 11.8 Å². The Hall–Kier alpha value is -1.22. The van der Waals surface area contributed by atoms with Crippen molar-refractivity contribution < 1.29 is 0 Å². The first-order valence-corrected chi connectivity index (χ1v) is 6.92. The van der Waals surface area contributed by atoms with Gasteiger partial charge >= 0.3 is 0 Å². The van der Waals surface area contributed by atoms with E-state index in [4.69, 9.17) is 0 Å². The smallest absolute Gasteiger partial charge is 0.0923 e. The third-order valence-corrected chi connectivity index (χ3v) is 4.35. The lowest BCUT2D eigenvalue weighted by molar-refractivity contribution is 0.655. The third-order valence-electron chi connectivity index (χ3n) is 3.42. The van der Waals surface area contributed by atoms with Gasteiger partial charge in [-0.3, -0.25) is 4.99 Å². The zero-order valence-electron chi connectivity index (χ0n) is 10.2. The number of benzene rings is 1. The number of allylic oxidation sites excluding steroid dienone is 1. The molecule has 0 saturated heterocycles. The van der Waals surface area contributed by atoms with Crippen molar-refractivity contribution in [2.45, 2.75) is 19.3 Å². The Bertz CT molecular complexity index is 515. The number of aliphatic imine (C=N–C) groups is 1. The normalized spacial score (nSPS) is 23.4. The molecule has 2 heterocycles. The van der Waals surface area contributed by atoms with Crippen molar-refractivity contribution in [1.82, 2.24) is 0 Å². The molecule has 0 unspecified atom stereocenters. The lowest BCUT2D eigenvalue weighted by Crippen LogP contribution is -2.18. The molecule has 1 N–H and O–H groups in total. The minimum absolute atomic E-state index is 0.0578. The van der Waals surface area contributed by atoms with Gasteiger partial charge in [0.25, 0.3) is 0 Å². The van der Waals surface area contributed by atoms with Crippen molar-refractivity contribution in [3.8, 4) is 0 Å². The molecule has 2 aliphatic rings. The molecule has 0 spiro atoms. The summed E-state index contributed by atoms with van der Waals surface area (Å²) in [6.07, 6.45) is 2.21. The average Bonchev–Trinajstić information content (AvgIpc) is 2.89. The summed E-state index contributed by atoms with van der Waals surface area (Å²) in [6, 6.07) is 8.52. The fourth-order valence-corrected chi connectivity index (χ4v) is 3.14. The zero-order valence-corrected chi connectivity index (χ0v) is 11.0. The zero-order chi connectivity index (χ0) is 11.9. The van der Waals surface area contributed by atoms with Crippen LogP contribution in [0.5, 0.6) is 0 Å². The molecule has 1 aromatic carbocycles. The molecule has 0 radical (unpaired) electrons. The Morgan fingerprint density at radius 2 is 2.18 bits per heavy atom. The van der Waals surface area contributed by atoms with Crippen molar-refractivity contribution in [3.05, 3.63) is 41.6 Å². The predicted octanol–water partition coefficient (Wildman–Crippen LogP) is 3.42. The molecule has 0 bridgehead atoms. The highest BCUT2D eigenvalue weighted by Gasteiger charge is 2.34. The summed E-state index contributed by atoms with van der Waals surface area (Å²) < 4.78 is 0. The van der Waals surface area contributed by atoms with Gasteiger partial charge in [0.15, 0.2) is 0 Å². The van der Waals surface area contributed by atoms with Crippen molar-refractivity contribution in [3.63, 3.8) is 0 Å². The molecular formula is C14H16N2S. The van der Waals surface area contributed by atoms with Gasteiger partial charge in [0, 0.05) is 29.1 Å². The van der Waals surface area contributed by atoms with E-state index in [1.54, 1.807) is 0 Å². The molecule has 0 atom stereocenters. The first-order chi connectivity index (χ1) is 8.18. The van der Waals surface area contributed by atoms with Crippen molar-refractivity contribution in [1.29, 1.82) is 0 Å². The Balaban J connectivity index is 2.01. The van der Waals surface area contributed by atoms with Crippen molar-refractivity contribution in [2.24, 2.45) is 4.99 Å². The van der Waals surface area contributed by atoms with E-state index in [9.17, 15) is 0 Å². The van der Waals surface area contributed by atoms with Gasteiger partial charge in [0.1, 0.15) is 0 Å². The lowest BCUT2D eigenvalue weighted by Gasteiger charge is -2.20. The molecular weight excluding hydrogens is 228 g/mol. The number of hydrogen-bond acceptors (Lipinski definition) is 3. The molecule has 3 heteroatoms. The summed E-state index contributed by atoms with van der Waals surface area (Å²) in [5.74, 6) is 1.12. The van der Waals surface area contributed by atoms with Crippen LogP contribution in [0.15, 0.2) is 41.0 Å². The maximum absolute atomic E-state index is 4.49. The molecule has 2 aliphatic heterocycles. The first kappa shape index (κ1) is 10.9. The fraction of sp³-hybridized carbons (Fsp3) is 0.357. The van der Waals surface area contributed by atoms with Crippen LogP contribution in [-0.4, -0.2) is 17.3 Å². The van der Waals surface area contributed by atoms with Gasteiger partial charge in [-0.05, 0) is 17.7 Å². The van der Waals surface area contributed by atoms with Crippen LogP contribution >= 0.6 is 11.8 Å². The largest absolute Gasteiger partial charge is 0.358 e. The Kier molecular flexibility index (Phi) is 2.51. The van der Waals surface area contributed by atoms with E-state index in [0.717, 1.165) is 17.3 Å². The molecule has 0 saturated carbocycles. The minimum atomic E-state index is 0.0578. The summed E-state index contributed by atoms with van der Waals surface area (Å²) in [4.78, 5) is 4.49. The maximum atomic E-state index is 4.49. The number of hydrogen-bond donors (Lipinski definition) is 1. The summed E-state index contributed by atoms with van der Waals surface area (Å²) >= 11 is 1.84. The molecule has 0 fully saturated rings. The summed E-state index contributed by atoms with van der Waals surface area (Å²) in [5.41, 5.74) is 3.91. The number of fused-ring (bicyclic) bond motifs is 1. The van der Waals surface area contributed by atoms with Crippen LogP contribution in [-0.2, 0) is 5.41 Å². The van der Waals surface area contributed by atoms with E-state index in [0.29, 0.717) is 0 Å². The predicted molar refractivity (Wildman–Crippen MR) is 75.9 cm³/mol. The average molecular weight is 244 g/mol. The second-order valence-electron chi connectivity index (χ2n) is 4.92. The molecule has 0 aliphatic carbocycles. The molecule has 17 heavy (non-hydrogen) atoms. The number of nitrogens with zero attached hydrogens (tertiary/aromatic N) is 1. The van der Waals surface area contributed by atoms with Gasteiger partial charge in [0.05, 0.1) is 5.04 Å². The quantitative estimate of drug-likeness (QED) is 0.818. The van der Waals surface area contributed by atoms with E-state index in [1.807, 2.05) is 11.8 Å². The van der Waals surface area contributed by atoms with Crippen molar-refractivity contribution in [2.75, 3.05) is 17.6 Å². The second-order valence-corrected chi connectivity index (χ2v) is 6.04. The Morgan fingerprint density at radius 1 is 1.35 bits per heavy atom. The number of thioether (sulfide) groups is 1. The SMILES string of the molecule is CC1(C)/C(=C/C2=NCCS2)Nc2ccccc21. The van der Waals surface area contributed by atoms with E-state index in [1.165, 1.54) is 16.9 Å². The summed E-state index contributed by atoms with van der Waals surface area (Å²) in [6.45, 7) is 5.48. The van der Waals surface area contributed by atoms with E-state index >= 15 is 0 Å². The maximum Gasteiger partial charge on any atom is 0.0923 e. The highest BCUT2D eigenvalue weighted by molar-refractivity contribution is 8.14. The number of rotatable bonds is 1. The molecule has 0 amide bonds. The van der Waals surface area contributed by atoms with Gasteiger partial charge in [-0.25, -0.2) is 0 Å². The third kappa shape index (κ3) is 1.78. The van der Waals surface area contributed by atoms with Crippen molar-refractivity contribution >= 4 is 22.5 Å². The highest BCUT2D eigenvalue weighted by atomic mass is 32.2. The van der Waals surface area contributed by atoms with Crippen LogP contribution in [0, 0.1) is 0 Å². The Morgan fingerprint density at radius 3 is 2.88 bits per heavy atom. The van der Waals surface area contributed by atoms with Crippen LogP contribution in [0.3, 0.4) is 0 Å². The molecule has 88 valence electrons. The summed E-state index contributed by atoms with van der Waals surface area (Å²) in [7, 11) is 0. The van der Waals surface area contributed by atoms with Crippen LogP contribution in [0.2, 0.25) is 0 Å². The van der Waals surface area contributed by atoms with Crippen LogP contribution < -0.4 is 5.32 Å². The molecule has 0 aromatic heterocycles. The van der Waals surface area contributed by atoms with E-state index in [-0.39, 0.29) is 5.41 Å². The van der Waals surface area contributed by atoms with Gasteiger partial charge < -0.3 is 5.32 Å². The Labute approximate surface area is 106 Å². The number of nitrogens with one attached hydrogen (secondary N) is 1. The van der Waals surface area contributed by atoms with E-state index < -0.39 is 0 Å². The number of anilines is 1. The molecule has 2 nitrogen and oxygen atoms in total. The standard InChI is InChI=1S/C14H16N2S/c1-14(2)10-5-3-4-6-11(10)16-12(14)9-13-15-7-8-17-13/h3-6,9,16H,7-8H2,1-2H3/b12-9-. The minimum Gasteiger partial charge on any atom is -0.358 e. The van der Waals surface area contributed by atoms with Gasteiger partial charge in [-0.1, -0.05) is 32.0 Å². The van der Waals surface area contributed by atoms with Crippen LogP contribution in [0.4, 0.5) is 5.69 Å². The molecule has 1 aromatic rings. The lowest BCUT2D eigenvalue weighted by atomic mass is 9.84. The highest BCUT2D eigenvalue weighted by Crippen LogP contribution is 2.43. The fourth-order valence-electron chi connectivity index (χ4n) is 2.36. The molecule has 3 rings (SSSR count). The second kappa shape index (κ2) is 3.91.